The number of para-hydroxylation sites is 1. The fraction of sp³-hybridized carbons (Fsp3) is 0.0833. The van der Waals surface area contributed by atoms with Crippen molar-refractivity contribution in [1.82, 2.24) is 4.57 Å². The highest BCUT2D eigenvalue weighted by atomic mass is 15.0. The second-order valence-corrected chi connectivity index (χ2v) is 6.57. The number of fused-ring (bicyclic) bond motifs is 3. The number of nitrogens with zero attached hydrogens (tertiary/aromatic N) is 1. The summed E-state index contributed by atoms with van der Waals surface area (Å²) < 4.78 is 2.41. The van der Waals surface area contributed by atoms with Crippen molar-refractivity contribution < 1.29 is 0 Å². The van der Waals surface area contributed by atoms with Crippen LogP contribution in [0.3, 0.4) is 0 Å². The summed E-state index contributed by atoms with van der Waals surface area (Å²) in [5, 5.41) is 1.38. The maximum Gasteiger partial charge on any atom is 0.0543 e. The molecule has 1 aliphatic carbocycles. The first-order valence-corrected chi connectivity index (χ1v) is 8.86. The SMILES string of the molecule is C1=Cc2c(c3ccc(-c4ccccc4)cc3n2-c2ccccc2)CC1. The molecule has 0 aliphatic heterocycles. The summed E-state index contributed by atoms with van der Waals surface area (Å²) in [6.07, 6.45) is 6.82. The van der Waals surface area contributed by atoms with E-state index in [4.69, 9.17) is 0 Å². The van der Waals surface area contributed by atoms with Gasteiger partial charge in [-0.2, -0.15) is 0 Å². The Morgan fingerprint density at radius 2 is 1.48 bits per heavy atom. The summed E-state index contributed by atoms with van der Waals surface area (Å²) in [6, 6.07) is 28.2. The molecule has 1 aromatic heterocycles. The van der Waals surface area contributed by atoms with Crippen molar-refractivity contribution >= 4 is 17.0 Å². The number of rotatable bonds is 2. The van der Waals surface area contributed by atoms with Crippen molar-refractivity contribution in [3.63, 3.8) is 0 Å². The number of hydrogen-bond acceptors (Lipinski definition) is 0. The van der Waals surface area contributed by atoms with Gasteiger partial charge in [-0.15, -0.1) is 0 Å². The summed E-state index contributed by atoms with van der Waals surface area (Å²) in [5.41, 5.74) is 7.86. The lowest BCUT2D eigenvalue weighted by molar-refractivity contribution is 0.967. The van der Waals surface area contributed by atoms with Crippen LogP contribution in [-0.2, 0) is 6.42 Å². The highest BCUT2D eigenvalue weighted by Gasteiger charge is 2.18. The average Bonchev–Trinajstić information content (AvgIpc) is 3.03. The van der Waals surface area contributed by atoms with Crippen molar-refractivity contribution in [1.29, 1.82) is 0 Å². The van der Waals surface area contributed by atoms with Crippen LogP contribution in [-0.4, -0.2) is 4.57 Å². The van der Waals surface area contributed by atoms with E-state index in [1.165, 1.54) is 39.0 Å². The van der Waals surface area contributed by atoms with Crippen LogP contribution in [0.1, 0.15) is 17.7 Å². The molecule has 1 heterocycles. The van der Waals surface area contributed by atoms with Crippen molar-refractivity contribution in [2.75, 3.05) is 0 Å². The molecule has 5 rings (SSSR count). The van der Waals surface area contributed by atoms with Gasteiger partial charge in [-0.05, 0) is 53.8 Å². The third-order valence-corrected chi connectivity index (χ3v) is 5.07. The Bertz CT molecular complexity index is 1070. The van der Waals surface area contributed by atoms with E-state index in [2.05, 4.69) is 95.6 Å². The normalized spacial score (nSPS) is 13.1. The molecule has 0 radical (unpaired) electrons. The molecule has 1 aliphatic rings. The first-order chi connectivity index (χ1) is 12.4. The monoisotopic (exact) mass is 321 g/mol. The van der Waals surface area contributed by atoms with Crippen molar-refractivity contribution in [3.05, 3.63) is 96.2 Å². The van der Waals surface area contributed by atoms with E-state index in [1.54, 1.807) is 0 Å². The minimum absolute atomic E-state index is 1.12. The topological polar surface area (TPSA) is 4.93 Å². The van der Waals surface area contributed by atoms with E-state index in [9.17, 15) is 0 Å². The summed E-state index contributed by atoms with van der Waals surface area (Å²) in [7, 11) is 0. The van der Waals surface area contributed by atoms with Crippen LogP contribution in [0.25, 0.3) is 33.8 Å². The van der Waals surface area contributed by atoms with Gasteiger partial charge in [0.15, 0.2) is 0 Å². The predicted molar refractivity (Wildman–Crippen MR) is 106 cm³/mol. The lowest BCUT2D eigenvalue weighted by atomic mass is 9.99. The standard InChI is InChI=1S/C24H19N/c1-3-9-18(10-4-1)19-15-16-22-21-13-7-8-14-23(21)25(24(22)17-19)20-11-5-2-6-12-20/h1-6,8-12,14-17H,7,13H2. The first kappa shape index (κ1) is 14.3. The minimum atomic E-state index is 1.12. The van der Waals surface area contributed by atoms with Crippen LogP contribution >= 0.6 is 0 Å². The van der Waals surface area contributed by atoms with Crippen LogP contribution in [0, 0.1) is 0 Å². The fourth-order valence-corrected chi connectivity index (χ4v) is 3.90. The second-order valence-electron chi connectivity index (χ2n) is 6.57. The maximum absolute atomic E-state index is 2.41. The molecule has 1 heteroatoms. The lowest BCUT2D eigenvalue weighted by Crippen LogP contribution is -1.99. The number of aryl methyl sites for hydroxylation is 1. The molecule has 0 saturated heterocycles. The molecule has 3 aromatic carbocycles. The van der Waals surface area contributed by atoms with Crippen LogP contribution in [0.4, 0.5) is 0 Å². The van der Waals surface area contributed by atoms with E-state index in [0.29, 0.717) is 0 Å². The molecular formula is C24H19N. The van der Waals surface area contributed by atoms with Crippen LogP contribution in [0.5, 0.6) is 0 Å². The molecule has 0 bridgehead atoms. The largest absolute Gasteiger partial charge is 0.310 e. The molecule has 0 N–H and O–H groups in total. The zero-order chi connectivity index (χ0) is 16.6. The quantitative estimate of drug-likeness (QED) is 0.411. The van der Waals surface area contributed by atoms with Gasteiger partial charge < -0.3 is 4.57 Å². The number of aromatic nitrogens is 1. The van der Waals surface area contributed by atoms with Gasteiger partial charge in [-0.25, -0.2) is 0 Å². The Balaban J connectivity index is 1.83. The summed E-state index contributed by atoms with van der Waals surface area (Å²) in [4.78, 5) is 0. The predicted octanol–water partition coefficient (Wildman–Crippen LogP) is 6.26. The van der Waals surface area contributed by atoms with Crippen molar-refractivity contribution in [2.24, 2.45) is 0 Å². The van der Waals surface area contributed by atoms with Crippen LogP contribution in [0.2, 0.25) is 0 Å². The molecule has 0 fully saturated rings. The minimum Gasteiger partial charge on any atom is -0.310 e. The Morgan fingerprint density at radius 1 is 0.720 bits per heavy atom. The zero-order valence-corrected chi connectivity index (χ0v) is 14.0. The van der Waals surface area contributed by atoms with Crippen molar-refractivity contribution in [3.8, 4) is 16.8 Å². The first-order valence-electron chi connectivity index (χ1n) is 8.86. The smallest absolute Gasteiger partial charge is 0.0543 e. The maximum atomic E-state index is 2.41. The fourth-order valence-electron chi connectivity index (χ4n) is 3.90. The van der Waals surface area contributed by atoms with Gasteiger partial charge >= 0.3 is 0 Å². The molecular weight excluding hydrogens is 302 g/mol. The molecule has 4 aromatic rings. The summed E-state index contributed by atoms with van der Waals surface area (Å²) in [6.45, 7) is 0. The Kier molecular flexibility index (Phi) is 3.31. The Hall–Kier alpha value is -3.06. The number of allylic oxidation sites excluding steroid dienone is 1. The molecule has 25 heavy (non-hydrogen) atoms. The molecule has 0 amide bonds. The molecule has 0 unspecified atom stereocenters. The molecule has 0 atom stereocenters. The van der Waals surface area contributed by atoms with E-state index < -0.39 is 0 Å². The van der Waals surface area contributed by atoms with E-state index in [0.717, 1.165) is 12.8 Å². The van der Waals surface area contributed by atoms with E-state index in [-0.39, 0.29) is 0 Å². The Morgan fingerprint density at radius 3 is 2.28 bits per heavy atom. The summed E-state index contributed by atoms with van der Waals surface area (Å²) in [5.74, 6) is 0. The number of benzene rings is 3. The van der Waals surface area contributed by atoms with E-state index in [1.807, 2.05) is 0 Å². The Labute approximate surface area is 147 Å². The molecule has 1 nitrogen and oxygen atoms in total. The highest BCUT2D eigenvalue weighted by Crippen LogP contribution is 2.36. The van der Waals surface area contributed by atoms with Gasteiger partial charge in [0.1, 0.15) is 0 Å². The van der Waals surface area contributed by atoms with Gasteiger partial charge in [0, 0.05) is 16.8 Å². The third-order valence-electron chi connectivity index (χ3n) is 5.07. The average molecular weight is 321 g/mol. The number of hydrogen-bond donors (Lipinski definition) is 0. The second kappa shape index (κ2) is 5.78. The molecule has 120 valence electrons. The molecule has 0 spiro atoms. The van der Waals surface area contributed by atoms with Gasteiger partial charge in [0.2, 0.25) is 0 Å². The van der Waals surface area contributed by atoms with E-state index >= 15 is 0 Å². The summed E-state index contributed by atoms with van der Waals surface area (Å²) >= 11 is 0. The third kappa shape index (κ3) is 2.32. The van der Waals surface area contributed by atoms with Crippen LogP contribution < -0.4 is 0 Å². The van der Waals surface area contributed by atoms with Gasteiger partial charge in [0.05, 0.1) is 5.52 Å². The zero-order valence-electron chi connectivity index (χ0n) is 14.0. The van der Waals surface area contributed by atoms with Crippen LogP contribution in [0.15, 0.2) is 84.9 Å². The van der Waals surface area contributed by atoms with Gasteiger partial charge in [-0.1, -0.05) is 66.7 Å². The molecule has 0 saturated carbocycles. The highest BCUT2D eigenvalue weighted by molar-refractivity contribution is 5.93. The van der Waals surface area contributed by atoms with Crippen molar-refractivity contribution in [2.45, 2.75) is 12.8 Å². The van der Waals surface area contributed by atoms with Gasteiger partial charge in [0.25, 0.3) is 0 Å². The van der Waals surface area contributed by atoms with Gasteiger partial charge in [-0.3, -0.25) is 0 Å². The lowest BCUT2D eigenvalue weighted by Gasteiger charge is -2.12.